The summed E-state index contributed by atoms with van der Waals surface area (Å²) in [5.41, 5.74) is 6.15. The maximum absolute atomic E-state index is 12.1. The van der Waals surface area contributed by atoms with Crippen LogP contribution in [0.15, 0.2) is 42.5 Å². The third-order valence-electron chi connectivity index (χ3n) is 3.33. The van der Waals surface area contributed by atoms with Gasteiger partial charge in [-0.15, -0.1) is 0 Å². The summed E-state index contributed by atoms with van der Waals surface area (Å²) in [6.45, 7) is 1.95. The van der Waals surface area contributed by atoms with Gasteiger partial charge in [0.15, 0.2) is 0 Å². The molecule has 0 heterocycles. The first-order valence-corrected chi connectivity index (χ1v) is 6.98. The lowest BCUT2D eigenvalue weighted by Crippen LogP contribution is -2.39. The lowest BCUT2D eigenvalue weighted by atomic mass is 10.1. The Hall–Kier alpha value is -2.56. The van der Waals surface area contributed by atoms with Crippen molar-refractivity contribution >= 4 is 28.3 Å². The van der Waals surface area contributed by atoms with Crippen LogP contribution in [0.5, 0.6) is 0 Å². The number of hydrogen-bond acceptors (Lipinski definition) is 2. The summed E-state index contributed by atoms with van der Waals surface area (Å²) in [7, 11) is 0. The predicted octanol–water partition coefficient (Wildman–Crippen LogP) is 3.07. The number of urea groups is 1. The van der Waals surface area contributed by atoms with E-state index in [0.29, 0.717) is 6.42 Å². The van der Waals surface area contributed by atoms with Gasteiger partial charge in [0.25, 0.3) is 0 Å². The van der Waals surface area contributed by atoms with Gasteiger partial charge in [-0.05, 0) is 17.9 Å². The second-order valence-electron chi connectivity index (χ2n) is 4.96. The largest absolute Gasteiger partial charge is 0.388 e. The van der Waals surface area contributed by atoms with E-state index in [1.165, 1.54) is 0 Å². The van der Waals surface area contributed by atoms with Crippen LogP contribution in [0, 0.1) is 5.41 Å². The van der Waals surface area contributed by atoms with Gasteiger partial charge in [-0.1, -0.05) is 43.3 Å². The molecule has 5 N–H and O–H groups in total. The zero-order valence-electron chi connectivity index (χ0n) is 12.0. The van der Waals surface area contributed by atoms with Crippen molar-refractivity contribution in [2.24, 2.45) is 5.73 Å². The Morgan fingerprint density at radius 2 is 1.95 bits per heavy atom. The molecule has 1 unspecified atom stereocenters. The molecule has 0 spiro atoms. The molecule has 0 aliphatic heterocycles. The van der Waals surface area contributed by atoms with Crippen LogP contribution in [0.1, 0.15) is 19.8 Å². The number of hydrogen-bond donors (Lipinski definition) is 4. The van der Waals surface area contributed by atoms with Gasteiger partial charge in [0.1, 0.15) is 0 Å². The van der Waals surface area contributed by atoms with E-state index in [0.717, 1.165) is 22.9 Å². The van der Waals surface area contributed by atoms with Crippen molar-refractivity contribution in [3.63, 3.8) is 0 Å². The van der Waals surface area contributed by atoms with Gasteiger partial charge in [0.2, 0.25) is 0 Å². The highest BCUT2D eigenvalue weighted by molar-refractivity contribution is 6.01. The van der Waals surface area contributed by atoms with Crippen LogP contribution >= 0.6 is 0 Å². The van der Waals surface area contributed by atoms with E-state index in [1.54, 1.807) is 0 Å². The van der Waals surface area contributed by atoms with E-state index in [1.807, 2.05) is 49.4 Å². The number of benzene rings is 2. The van der Waals surface area contributed by atoms with Crippen LogP contribution < -0.4 is 16.4 Å². The van der Waals surface area contributed by atoms with Gasteiger partial charge in [-0.25, -0.2) is 4.79 Å². The summed E-state index contributed by atoms with van der Waals surface area (Å²) in [6, 6.07) is 13.3. The van der Waals surface area contributed by atoms with Crippen molar-refractivity contribution in [2.75, 3.05) is 5.32 Å². The fourth-order valence-corrected chi connectivity index (χ4v) is 2.24. The molecule has 5 heteroatoms. The number of amides is 2. The zero-order valence-corrected chi connectivity index (χ0v) is 12.0. The Balaban J connectivity index is 2.09. The molecule has 2 amide bonds. The van der Waals surface area contributed by atoms with Crippen molar-refractivity contribution in [1.82, 2.24) is 5.32 Å². The fourth-order valence-electron chi connectivity index (χ4n) is 2.24. The van der Waals surface area contributed by atoms with Crippen LogP contribution in [0.2, 0.25) is 0 Å². The first-order valence-electron chi connectivity index (χ1n) is 6.98. The summed E-state index contributed by atoms with van der Waals surface area (Å²) in [6.07, 6.45) is 1.09. The van der Waals surface area contributed by atoms with Crippen molar-refractivity contribution in [3.05, 3.63) is 42.5 Å². The molecule has 2 aromatic rings. The molecule has 1 atom stereocenters. The van der Waals surface area contributed by atoms with E-state index in [2.05, 4.69) is 10.6 Å². The lowest BCUT2D eigenvalue weighted by molar-refractivity contribution is 0.248. The molecular weight excluding hydrogens is 264 g/mol. The molecule has 0 saturated heterocycles. The summed E-state index contributed by atoms with van der Waals surface area (Å²) < 4.78 is 0. The highest BCUT2D eigenvalue weighted by Crippen LogP contribution is 2.22. The average molecular weight is 284 g/mol. The molecule has 0 saturated carbocycles. The van der Waals surface area contributed by atoms with E-state index < -0.39 is 0 Å². The fraction of sp³-hybridized carbons (Fsp3) is 0.250. The summed E-state index contributed by atoms with van der Waals surface area (Å²) in [5, 5.41) is 15.1. The Labute approximate surface area is 124 Å². The first-order chi connectivity index (χ1) is 10.1. The normalized spacial score (nSPS) is 11.9. The van der Waals surface area contributed by atoms with Crippen LogP contribution in [-0.2, 0) is 0 Å². The molecule has 21 heavy (non-hydrogen) atoms. The SMILES string of the molecule is CCC(CC(=N)N)NC(=O)Nc1cccc2ccccc12. The third-order valence-corrected chi connectivity index (χ3v) is 3.33. The third kappa shape index (κ3) is 3.95. The van der Waals surface area contributed by atoms with Crippen LogP contribution in [0.25, 0.3) is 10.8 Å². The van der Waals surface area contributed by atoms with E-state index in [9.17, 15) is 4.79 Å². The van der Waals surface area contributed by atoms with Crippen molar-refractivity contribution in [2.45, 2.75) is 25.8 Å². The van der Waals surface area contributed by atoms with Crippen molar-refractivity contribution in [3.8, 4) is 0 Å². The minimum absolute atomic E-state index is 0.0762. The molecule has 0 aliphatic rings. The number of anilines is 1. The number of nitrogens with two attached hydrogens (primary N) is 1. The number of amidine groups is 1. The zero-order chi connectivity index (χ0) is 15.2. The molecule has 5 nitrogen and oxygen atoms in total. The maximum atomic E-state index is 12.1. The monoisotopic (exact) mass is 284 g/mol. The lowest BCUT2D eigenvalue weighted by Gasteiger charge is -2.17. The molecule has 0 fully saturated rings. The van der Waals surface area contributed by atoms with E-state index >= 15 is 0 Å². The summed E-state index contributed by atoms with van der Waals surface area (Å²) in [5.74, 6) is 0.0762. The van der Waals surface area contributed by atoms with Gasteiger partial charge in [-0.3, -0.25) is 5.41 Å². The highest BCUT2D eigenvalue weighted by atomic mass is 16.2. The van der Waals surface area contributed by atoms with Crippen molar-refractivity contribution in [1.29, 1.82) is 5.41 Å². The summed E-state index contributed by atoms with van der Waals surface area (Å²) in [4.78, 5) is 12.1. The second kappa shape index (κ2) is 6.74. The maximum Gasteiger partial charge on any atom is 0.319 e. The predicted molar refractivity (Wildman–Crippen MR) is 86.7 cm³/mol. The Bertz CT molecular complexity index is 648. The van der Waals surface area contributed by atoms with E-state index in [-0.39, 0.29) is 17.9 Å². The number of carbonyl (C=O) groups excluding carboxylic acids is 1. The molecule has 2 aromatic carbocycles. The molecule has 2 rings (SSSR count). The Morgan fingerprint density at radius 1 is 1.24 bits per heavy atom. The molecule has 0 aromatic heterocycles. The minimum Gasteiger partial charge on any atom is -0.388 e. The highest BCUT2D eigenvalue weighted by Gasteiger charge is 2.12. The molecule has 0 bridgehead atoms. The first kappa shape index (κ1) is 14.8. The average Bonchev–Trinajstić information content (AvgIpc) is 2.46. The Kier molecular flexibility index (Phi) is 4.77. The standard InChI is InChI=1S/C16H20N4O/c1-2-12(10-15(17)18)19-16(21)20-14-9-5-7-11-6-3-4-8-13(11)14/h3-9,12H,2,10H2,1H3,(H3,17,18)(H2,19,20,21). The number of nitrogens with one attached hydrogen (secondary N) is 3. The van der Waals surface area contributed by atoms with Gasteiger partial charge < -0.3 is 16.4 Å². The summed E-state index contributed by atoms with van der Waals surface area (Å²) >= 11 is 0. The minimum atomic E-state index is -0.278. The van der Waals surface area contributed by atoms with Crippen LogP contribution in [0.3, 0.4) is 0 Å². The smallest absolute Gasteiger partial charge is 0.319 e. The number of fused-ring (bicyclic) bond motifs is 1. The number of rotatable bonds is 5. The van der Waals surface area contributed by atoms with Gasteiger partial charge >= 0.3 is 6.03 Å². The van der Waals surface area contributed by atoms with E-state index in [4.69, 9.17) is 11.1 Å². The second-order valence-corrected chi connectivity index (χ2v) is 4.96. The topological polar surface area (TPSA) is 91.0 Å². The van der Waals surface area contributed by atoms with Gasteiger partial charge in [0.05, 0.1) is 11.5 Å². The quantitative estimate of drug-likeness (QED) is 0.502. The molecule has 0 aliphatic carbocycles. The van der Waals surface area contributed by atoms with Crippen LogP contribution in [0.4, 0.5) is 10.5 Å². The molecule has 110 valence electrons. The van der Waals surface area contributed by atoms with Crippen LogP contribution in [-0.4, -0.2) is 17.9 Å². The number of carbonyl (C=O) groups is 1. The molecular formula is C16H20N4O. The Morgan fingerprint density at radius 3 is 2.67 bits per heavy atom. The van der Waals surface area contributed by atoms with Gasteiger partial charge in [0, 0.05) is 17.8 Å². The van der Waals surface area contributed by atoms with Gasteiger partial charge in [-0.2, -0.15) is 0 Å². The molecule has 0 radical (unpaired) electrons. The van der Waals surface area contributed by atoms with Crippen molar-refractivity contribution < 1.29 is 4.79 Å².